The minimum Gasteiger partial charge on any atom is -0.467 e. The predicted octanol–water partition coefficient (Wildman–Crippen LogP) is 2.33. The summed E-state index contributed by atoms with van der Waals surface area (Å²) in [6, 6.07) is 7.79. The first kappa shape index (κ1) is 20.5. The lowest BCUT2D eigenvalue weighted by Gasteiger charge is -2.21. The topological polar surface area (TPSA) is 69.9 Å². The molecule has 6 nitrogen and oxygen atoms in total. The molecule has 0 radical (unpaired) electrons. The summed E-state index contributed by atoms with van der Waals surface area (Å²) in [6.07, 6.45) is 2.55. The Morgan fingerprint density at radius 1 is 1.33 bits per heavy atom. The summed E-state index contributed by atoms with van der Waals surface area (Å²) in [5.41, 5.74) is 0. The van der Waals surface area contributed by atoms with Crippen molar-refractivity contribution in [2.45, 2.75) is 13.0 Å². The number of halogens is 1. The molecule has 2 heterocycles. The fourth-order valence-corrected chi connectivity index (χ4v) is 2.74. The number of aliphatic imine (C=N–C) groups is 1. The molecule has 0 fully saturated rings. The van der Waals surface area contributed by atoms with Crippen molar-refractivity contribution in [3.05, 3.63) is 46.5 Å². The second-order valence-electron chi connectivity index (χ2n) is 5.01. The van der Waals surface area contributed by atoms with Crippen molar-refractivity contribution in [3.63, 3.8) is 0 Å². The van der Waals surface area contributed by atoms with Crippen LogP contribution in [-0.2, 0) is 17.8 Å². The molecule has 2 aromatic heterocycles. The van der Waals surface area contributed by atoms with Crippen LogP contribution in [0.4, 0.5) is 0 Å². The number of guanidine groups is 1. The van der Waals surface area contributed by atoms with Crippen LogP contribution in [0.15, 0.2) is 45.3 Å². The number of carbonyl (C=O) groups is 1. The van der Waals surface area contributed by atoms with Gasteiger partial charge >= 0.3 is 0 Å². The molecule has 24 heavy (non-hydrogen) atoms. The van der Waals surface area contributed by atoms with Gasteiger partial charge in [-0.3, -0.25) is 9.79 Å². The van der Waals surface area contributed by atoms with E-state index in [4.69, 9.17) is 4.42 Å². The summed E-state index contributed by atoms with van der Waals surface area (Å²) in [7, 11) is 3.68. The summed E-state index contributed by atoms with van der Waals surface area (Å²) in [5.74, 6) is 1.33. The SMILES string of the molecule is CN=C(NCC(=O)NCc1ccco1)N(C)CCc1cccs1.I. The molecule has 0 aromatic carbocycles. The molecule has 132 valence electrons. The van der Waals surface area contributed by atoms with E-state index in [0.29, 0.717) is 12.5 Å². The van der Waals surface area contributed by atoms with Gasteiger partial charge in [0.15, 0.2) is 5.96 Å². The Hall–Kier alpha value is -1.55. The van der Waals surface area contributed by atoms with Gasteiger partial charge in [0, 0.05) is 25.5 Å². The maximum atomic E-state index is 11.8. The van der Waals surface area contributed by atoms with Gasteiger partial charge in [-0.1, -0.05) is 6.07 Å². The van der Waals surface area contributed by atoms with Gasteiger partial charge < -0.3 is 20.0 Å². The highest BCUT2D eigenvalue weighted by atomic mass is 127. The number of thiophene rings is 1. The van der Waals surface area contributed by atoms with Gasteiger partial charge in [0.05, 0.1) is 19.4 Å². The fourth-order valence-electron chi connectivity index (χ4n) is 2.04. The van der Waals surface area contributed by atoms with Gasteiger partial charge in [0.1, 0.15) is 5.76 Å². The van der Waals surface area contributed by atoms with E-state index in [1.165, 1.54) is 4.88 Å². The number of likely N-dealkylation sites (N-methyl/N-ethyl adjacent to an activating group) is 1. The van der Waals surface area contributed by atoms with Crippen LogP contribution in [-0.4, -0.2) is 44.0 Å². The number of furan rings is 1. The molecule has 0 saturated heterocycles. The van der Waals surface area contributed by atoms with E-state index in [-0.39, 0.29) is 36.4 Å². The van der Waals surface area contributed by atoms with E-state index in [1.54, 1.807) is 30.7 Å². The molecule has 0 saturated carbocycles. The van der Waals surface area contributed by atoms with Crippen molar-refractivity contribution in [2.24, 2.45) is 4.99 Å². The monoisotopic (exact) mass is 462 g/mol. The molecule has 0 spiro atoms. The number of rotatable bonds is 7. The van der Waals surface area contributed by atoms with Crippen LogP contribution in [0.25, 0.3) is 0 Å². The fraction of sp³-hybridized carbons (Fsp3) is 0.375. The number of hydrogen-bond donors (Lipinski definition) is 2. The van der Waals surface area contributed by atoms with Crippen LogP contribution in [0.2, 0.25) is 0 Å². The van der Waals surface area contributed by atoms with Crippen molar-refractivity contribution < 1.29 is 9.21 Å². The normalized spacial score (nSPS) is 10.8. The number of hydrogen-bond acceptors (Lipinski definition) is 4. The first-order chi connectivity index (χ1) is 11.2. The Labute approximate surface area is 163 Å². The second-order valence-corrected chi connectivity index (χ2v) is 6.04. The lowest BCUT2D eigenvalue weighted by atomic mass is 10.3. The average Bonchev–Trinajstić information content (AvgIpc) is 3.24. The smallest absolute Gasteiger partial charge is 0.239 e. The number of nitrogens with one attached hydrogen (secondary N) is 2. The van der Waals surface area contributed by atoms with Crippen molar-refractivity contribution in [3.8, 4) is 0 Å². The molecule has 0 aliphatic carbocycles. The number of nitrogens with zero attached hydrogens (tertiary/aromatic N) is 2. The van der Waals surface area contributed by atoms with Crippen LogP contribution in [0.3, 0.4) is 0 Å². The third-order valence-electron chi connectivity index (χ3n) is 3.29. The van der Waals surface area contributed by atoms with Crippen LogP contribution in [0, 0.1) is 0 Å². The van der Waals surface area contributed by atoms with Crippen LogP contribution < -0.4 is 10.6 Å². The van der Waals surface area contributed by atoms with Crippen molar-refractivity contribution >= 4 is 47.2 Å². The summed E-state index contributed by atoms with van der Waals surface area (Å²) in [4.78, 5) is 19.4. The largest absolute Gasteiger partial charge is 0.467 e. The van der Waals surface area contributed by atoms with E-state index < -0.39 is 0 Å². The van der Waals surface area contributed by atoms with Gasteiger partial charge in [-0.25, -0.2) is 0 Å². The van der Waals surface area contributed by atoms with Crippen molar-refractivity contribution in [1.29, 1.82) is 0 Å². The molecule has 0 atom stereocenters. The zero-order valence-electron chi connectivity index (χ0n) is 13.8. The first-order valence-corrected chi connectivity index (χ1v) is 8.30. The Kier molecular flexibility index (Phi) is 9.46. The van der Waals surface area contributed by atoms with Crippen LogP contribution >= 0.6 is 35.3 Å². The second kappa shape index (κ2) is 11.1. The molecule has 8 heteroatoms. The molecule has 0 bridgehead atoms. The molecular weight excluding hydrogens is 439 g/mol. The third kappa shape index (κ3) is 6.91. The minimum absolute atomic E-state index is 0. The van der Waals surface area contributed by atoms with Gasteiger partial charge in [0.25, 0.3) is 0 Å². The predicted molar refractivity (Wildman–Crippen MR) is 108 cm³/mol. The highest BCUT2D eigenvalue weighted by Gasteiger charge is 2.09. The maximum Gasteiger partial charge on any atom is 0.239 e. The molecule has 2 rings (SSSR count). The van der Waals surface area contributed by atoms with Gasteiger partial charge in [-0.15, -0.1) is 35.3 Å². The Morgan fingerprint density at radius 3 is 2.79 bits per heavy atom. The lowest BCUT2D eigenvalue weighted by Crippen LogP contribution is -2.44. The summed E-state index contributed by atoms with van der Waals surface area (Å²) in [5, 5.41) is 7.93. The Morgan fingerprint density at radius 2 is 2.17 bits per heavy atom. The van der Waals surface area contributed by atoms with E-state index >= 15 is 0 Å². The third-order valence-corrected chi connectivity index (χ3v) is 4.23. The molecule has 2 N–H and O–H groups in total. The summed E-state index contributed by atoms with van der Waals surface area (Å²) in [6.45, 7) is 1.41. The zero-order chi connectivity index (χ0) is 16.5. The van der Waals surface area contributed by atoms with Crippen molar-refractivity contribution in [2.75, 3.05) is 27.2 Å². The summed E-state index contributed by atoms with van der Waals surface area (Å²) < 4.78 is 5.17. The first-order valence-electron chi connectivity index (χ1n) is 7.42. The Balaban J connectivity index is 0.00000288. The number of amides is 1. The molecule has 0 unspecified atom stereocenters. The van der Waals surface area contributed by atoms with Gasteiger partial charge in [-0.2, -0.15) is 0 Å². The molecule has 2 aromatic rings. The molecule has 0 aliphatic rings. The highest BCUT2D eigenvalue weighted by molar-refractivity contribution is 14.0. The highest BCUT2D eigenvalue weighted by Crippen LogP contribution is 2.09. The number of carbonyl (C=O) groups excluding carboxylic acids is 1. The maximum absolute atomic E-state index is 11.8. The van der Waals surface area contributed by atoms with Gasteiger partial charge in [0.2, 0.25) is 5.91 Å². The summed E-state index contributed by atoms with van der Waals surface area (Å²) >= 11 is 1.75. The molecular formula is C16H23IN4O2S. The van der Waals surface area contributed by atoms with E-state index in [9.17, 15) is 4.79 Å². The quantitative estimate of drug-likeness (QED) is 0.377. The van der Waals surface area contributed by atoms with E-state index in [2.05, 4.69) is 33.1 Å². The van der Waals surface area contributed by atoms with Crippen molar-refractivity contribution in [1.82, 2.24) is 15.5 Å². The average molecular weight is 462 g/mol. The lowest BCUT2D eigenvalue weighted by molar-refractivity contribution is -0.120. The molecule has 1 amide bonds. The van der Waals surface area contributed by atoms with Crippen LogP contribution in [0.5, 0.6) is 0 Å². The standard InChI is InChI=1S/C16H22N4O2S.HI/c1-17-16(20(2)8-7-14-6-4-10-23-14)19-12-15(21)18-11-13-5-3-9-22-13;/h3-6,9-10H,7-8,11-12H2,1-2H3,(H,17,19)(H,18,21);1H. The van der Waals surface area contributed by atoms with Crippen LogP contribution in [0.1, 0.15) is 10.6 Å². The van der Waals surface area contributed by atoms with Gasteiger partial charge in [-0.05, 0) is 30.0 Å². The van der Waals surface area contributed by atoms with E-state index in [1.807, 2.05) is 18.0 Å². The minimum atomic E-state index is -0.103. The zero-order valence-corrected chi connectivity index (χ0v) is 17.0. The Bertz CT molecular complexity index is 614. The van der Waals surface area contributed by atoms with E-state index in [0.717, 1.165) is 18.7 Å². The molecule has 0 aliphatic heterocycles.